The minimum absolute atomic E-state index is 0.00400. The van der Waals surface area contributed by atoms with E-state index in [1.54, 1.807) is 48.5 Å². The van der Waals surface area contributed by atoms with E-state index < -0.39 is 17.7 Å². The number of furan rings is 1. The Labute approximate surface area is 220 Å². The van der Waals surface area contributed by atoms with Crippen LogP contribution in [0.25, 0.3) is 5.76 Å². The highest BCUT2D eigenvalue weighted by Crippen LogP contribution is 2.43. The number of hydrogen-bond donors (Lipinski definition) is 1. The molecule has 1 fully saturated rings. The summed E-state index contributed by atoms with van der Waals surface area (Å²) in [5.41, 5.74) is 1.96. The highest BCUT2D eigenvalue weighted by atomic mass is 16.5. The topological polar surface area (TPSA) is 98.4 Å². The van der Waals surface area contributed by atoms with Crippen LogP contribution in [0, 0.1) is 0 Å². The van der Waals surface area contributed by atoms with Crippen LogP contribution in [0.2, 0.25) is 0 Å². The van der Waals surface area contributed by atoms with E-state index in [1.165, 1.54) is 11.2 Å². The Kier molecular flexibility index (Phi) is 6.96. The van der Waals surface area contributed by atoms with Gasteiger partial charge in [0.25, 0.3) is 11.7 Å². The van der Waals surface area contributed by atoms with Crippen molar-refractivity contribution in [2.24, 2.45) is 0 Å². The van der Waals surface area contributed by atoms with Gasteiger partial charge in [-0.25, -0.2) is 0 Å². The predicted octanol–water partition coefficient (Wildman–Crippen LogP) is 5.19. The molecule has 1 N–H and O–H groups in total. The number of aliphatic hydroxyl groups is 1. The normalized spacial score (nSPS) is 19.8. The lowest BCUT2D eigenvalue weighted by atomic mass is 9.94. The van der Waals surface area contributed by atoms with Crippen LogP contribution in [0.15, 0.2) is 77.4 Å². The molecule has 38 heavy (non-hydrogen) atoms. The standard InChI is InChI=1S/C30H29NO7/c1-4-12-37-24-11-8-19(16-25(24)35-5-2)27-26(29(33)30(34)31(27)17-22-7-6-13-36-22)28(32)20-9-10-23-21(15-20)14-18(3)38-23/h4,6-11,13,15-16,18,27,32H,1,5,12,14,17H2,2-3H3/b28-26+/t18-,27+/m1/s1. The third kappa shape index (κ3) is 4.65. The van der Waals surface area contributed by atoms with Crippen molar-refractivity contribution in [3.63, 3.8) is 0 Å². The van der Waals surface area contributed by atoms with Crippen molar-refractivity contribution in [1.29, 1.82) is 0 Å². The maximum atomic E-state index is 13.4. The molecule has 5 rings (SSSR count). The van der Waals surface area contributed by atoms with E-state index in [4.69, 9.17) is 18.6 Å². The van der Waals surface area contributed by atoms with Gasteiger partial charge in [-0.1, -0.05) is 18.7 Å². The zero-order valence-corrected chi connectivity index (χ0v) is 21.3. The van der Waals surface area contributed by atoms with Gasteiger partial charge >= 0.3 is 0 Å². The van der Waals surface area contributed by atoms with Crippen LogP contribution in [-0.2, 0) is 22.6 Å². The molecule has 1 aromatic heterocycles. The molecule has 8 heteroatoms. The van der Waals surface area contributed by atoms with Crippen molar-refractivity contribution in [1.82, 2.24) is 4.90 Å². The van der Waals surface area contributed by atoms with E-state index in [2.05, 4.69) is 6.58 Å². The average Bonchev–Trinajstić information content (AvgIpc) is 3.62. The molecule has 0 saturated carbocycles. The largest absolute Gasteiger partial charge is 0.507 e. The maximum absolute atomic E-state index is 13.4. The monoisotopic (exact) mass is 515 g/mol. The number of ether oxygens (including phenoxy) is 3. The molecule has 0 radical (unpaired) electrons. The molecule has 196 valence electrons. The van der Waals surface area contributed by atoms with Gasteiger partial charge in [-0.2, -0.15) is 0 Å². The fraction of sp³-hybridized carbons (Fsp3) is 0.267. The van der Waals surface area contributed by atoms with Crippen molar-refractivity contribution in [2.75, 3.05) is 13.2 Å². The van der Waals surface area contributed by atoms with Gasteiger partial charge in [-0.3, -0.25) is 9.59 Å². The lowest BCUT2D eigenvalue weighted by Gasteiger charge is -2.25. The molecule has 8 nitrogen and oxygen atoms in total. The van der Waals surface area contributed by atoms with Crippen LogP contribution in [0.1, 0.15) is 42.3 Å². The van der Waals surface area contributed by atoms with Gasteiger partial charge in [-0.05, 0) is 67.4 Å². The second-order valence-electron chi connectivity index (χ2n) is 9.20. The molecule has 0 unspecified atom stereocenters. The smallest absolute Gasteiger partial charge is 0.296 e. The molecule has 2 aliphatic heterocycles. The van der Waals surface area contributed by atoms with E-state index in [9.17, 15) is 14.7 Å². The first-order valence-corrected chi connectivity index (χ1v) is 12.5. The van der Waals surface area contributed by atoms with Gasteiger partial charge < -0.3 is 28.6 Å². The molecule has 2 aliphatic rings. The number of benzene rings is 2. The van der Waals surface area contributed by atoms with Crippen LogP contribution in [0.5, 0.6) is 17.2 Å². The van der Waals surface area contributed by atoms with Crippen LogP contribution in [0.3, 0.4) is 0 Å². The lowest BCUT2D eigenvalue weighted by Crippen LogP contribution is -2.29. The Balaban J connectivity index is 1.63. The molecule has 0 bridgehead atoms. The van der Waals surface area contributed by atoms with Gasteiger partial charge in [0.2, 0.25) is 0 Å². The number of hydrogen-bond acceptors (Lipinski definition) is 7. The number of ketones is 1. The number of carbonyl (C=O) groups excluding carboxylic acids is 2. The summed E-state index contributed by atoms with van der Waals surface area (Å²) in [6, 6.07) is 13.1. The fourth-order valence-electron chi connectivity index (χ4n) is 4.92. The number of likely N-dealkylation sites (tertiary alicyclic amines) is 1. The van der Waals surface area contributed by atoms with Gasteiger partial charge in [-0.15, -0.1) is 0 Å². The van der Waals surface area contributed by atoms with Crippen LogP contribution >= 0.6 is 0 Å². The molecule has 2 atom stereocenters. The fourth-order valence-corrected chi connectivity index (χ4v) is 4.92. The number of amides is 1. The second-order valence-corrected chi connectivity index (χ2v) is 9.20. The Morgan fingerprint density at radius 3 is 2.74 bits per heavy atom. The summed E-state index contributed by atoms with van der Waals surface area (Å²) >= 11 is 0. The first-order valence-electron chi connectivity index (χ1n) is 12.5. The Bertz CT molecular complexity index is 1410. The number of aliphatic hydroxyl groups excluding tert-OH is 1. The first kappa shape index (κ1) is 25.2. The van der Waals surface area contributed by atoms with Crippen molar-refractivity contribution in [2.45, 2.75) is 39.0 Å². The zero-order valence-electron chi connectivity index (χ0n) is 21.3. The van der Waals surface area contributed by atoms with E-state index >= 15 is 0 Å². The predicted molar refractivity (Wildman–Crippen MR) is 140 cm³/mol. The summed E-state index contributed by atoms with van der Waals surface area (Å²) < 4.78 is 22.8. The number of nitrogens with zero attached hydrogens (tertiary/aromatic N) is 1. The molecule has 1 amide bonds. The Morgan fingerprint density at radius 2 is 2.00 bits per heavy atom. The van der Waals surface area contributed by atoms with Crippen LogP contribution < -0.4 is 14.2 Å². The first-order chi connectivity index (χ1) is 18.4. The highest BCUT2D eigenvalue weighted by Gasteiger charge is 2.46. The molecular weight excluding hydrogens is 486 g/mol. The minimum atomic E-state index is -0.879. The van der Waals surface area contributed by atoms with E-state index in [-0.39, 0.29) is 30.6 Å². The van der Waals surface area contributed by atoms with Crippen molar-refractivity contribution >= 4 is 17.4 Å². The number of fused-ring (bicyclic) bond motifs is 1. The Hall–Kier alpha value is -4.46. The summed E-state index contributed by atoms with van der Waals surface area (Å²) in [7, 11) is 0. The second kappa shape index (κ2) is 10.5. The molecule has 3 heterocycles. The third-order valence-corrected chi connectivity index (χ3v) is 6.56. The molecule has 3 aromatic rings. The average molecular weight is 516 g/mol. The summed E-state index contributed by atoms with van der Waals surface area (Å²) in [6.07, 6.45) is 3.86. The molecule has 0 aliphatic carbocycles. The van der Waals surface area contributed by atoms with Gasteiger partial charge in [0.05, 0.1) is 31.0 Å². The summed E-state index contributed by atoms with van der Waals surface area (Å²) in [4.78, 5) is 28.1. The number of carbonyl (C=O) groups is 2. The summed E-state index contributed by atoms with van der Waals surface area (Å²) in [5.74, 6) is 0.481. The van der Waals surface area contributed by atoms with E-state index in [1.807, 2.05) is 19.9 Å². The maximum Gasteiger partial charge on any atom is 0.296 e. The summed E-state index contributed by atoms with van der Waals surface area (Å²) in [6.45, 7) is 8.23. The van der Waals surface area contributed by atoms with Crippen LogP contribution in [-0.4, -0.2) is 41.0 Å². The molecule has 0 spiro atoms. The highest BCUT2D eigenvalue weighted by molar-refractivity contribution is 6.46. The number of rotatable bonds is 9. The SMILES string of the molecule is C=CCOc1ccc([C@H]2/C(=C(\O)c3ccc4c(c3)C[C@@H](C)O4)C(=O)C(=O)N2Cc2ccco2)cc1OCC. The molecular formula is C30H29NO7. The van der Waals surface area contributed by atoms with Gasteiger partial charge in [0.15, 0.2) is 11.5 Å². The molecule has 1 saturated heterocycles. The van der Waals surface area contributed by atoms with Crippen LogP contribution in [0.4, 0.5) is 0 Å². The Morgan fingerprint density at radius 1 is 1.16 bits per heavy atom. The van der Waals surface area contributed by atoms with E-state index in [0.717, 1.165) is 11.3 Å². The van der Waals surface area contributed by atoms with Crippen molar-refractivity contribution in [3.8, 4) is 17.2 Å². The van der Waals surface area contributed by atoms with Gasteiger partial charge in [0, 0.05) is 12.0 Å². The minimum Gasteiger partial charge on any atom is -0.507 e. The van der Waals surface area contributed by atoms with Crippen molar-refractivity contribution in [3.05, 3.63) is 95.5 Å². The van der Waals surface area contributed by atoms with Crippen molar-refractivity contribution < 1.29 is 33.3 Å². The van der Waals surface area contributed by atoms with E-state index in [0.29, 0.717) is 41.4 Å². The number of Topliss-reactive ketones (excluding diaryl/α,β-unsaturated/α-hetero) is 1. The lowest BCUT2D eigenvalue weighted by molar-refractivity contribution is -0.140. The quantitative estimate of drug-likeness (QED) is 0.181. The summed E-state index contributed by atoms with van der Waals surface area (Å²) in [5, 5.41) is 11.5. The van der Waals surface area contributed by atoms with Gasteiger partial charge in [0.1, 0.15) is 30.0 Å². The molecule has 2 aromatic carbocycles. The third-order valence-electron chi connectivity index (χ3n) is 6.56. The zero-order chi connectivity index (χ0) is 26.8.